The zero-order valence-corrected chi connectivity index (χ0v) is 12.1. The summed E-state index contributed by atoms with van der Waals surface area (Å²) < 4.78 is 16.2. The number of ether oxygens (including phenoxy) is 3. The normalized spacial score (nSPS) is 17.7. The largest absolute Gasteiger partial charge is 0.491 e. The highest BCUT2D eigenvalue weighted by atomic mass is 16.5. The first kappa shape index (κ1) is 15.1. The molecule has 0 amide bonds. The van der Waals surface area contributed by atoms with Gasteiger partial charge in [0, 0.05) is 13.2 Å². The van der Waals surface area contributed by atoms with Crippen LogP contribution in [0.1, 0.15) is 32.1 Å². The van der Waals surface area contributed by atoms with Gasteiger partial charge >= 0.3 is 0 Å². The molecule has 0 saturated heterocycles. The maximum atomic E-state index is 10.4. The lowest BCUT2D eigenvalue weighted by Gasteiger charge is -2.31. The van der Waals surface area contributed by atoms with E-state index in [9.17, 15) is 5.11 Å². The first-order valence-corrected chi connectivity index (χ1v) is 7.29. The molecule has 1 aromatic carbocycles. The second kappa shape index (κ2) is 7.50. The van der Waals surface area contributed by atoms with Gasteiger partial charge in [0.2, 0.25) is 0 Å². The Morgan fingerprint density at radius 3 is 2.45 bits per heavy atom. The molecule has 1 saturated carbocycles. The van der Waals surface area contributed by atoms with Crippen molar-refractivity contribution in [1.82, 2.24) is 0 Å². The summed E-state index contributed by atoms with van der Waals surface area (Å²) in [5, 5.41) is 10.4. The number of rotatable bonds is 7. The second-order valence-corrected chi connectivity index (χ2v) is 5.39. The fourth-order valence-electron chi connectivity index (χ4n) is 2.47. The smallest absolute Gasteiger partial charge is 0.123 e. The van der Waals surface area contributed by atoms with E-state index in [0.717, 1.165) is 37.2 Å². The lowest BCUT2D eigenvalue weighted by molar-refractivity contribution is -0.0339. The first-order valence-electron chi connectivity index (χ1n) is 7.29. The van der Waals surface area contributed by atoms with Crippen molar-refractivity contribution < 1.29 is 19.3 Å². The summed E-state index contributed by atoms with van der Waals surface area (Å²) in [6.07, 6.45) is 5.04. The number of methoxy groups -OCH3 is 1. The molecule has 0 unspecified atom stereocenters. The quantitative estimate of drug-likeness (QED) is 0.780. The van der Waals surface area contributed by atoms with Crippen LogP contribution in [0.3, 0.4) is 0 Å². The van der Waals surface area contributed by atoms with Crippen LogP contribution in [-0.2, 0) is 4.74 Å². The van der Waals surface area contributed by atoms with Crippen LogP contribution in [0.5, 0.6) is 11.5 Å². The van der Waals surface area contributed by atoms with Crippen LogP contribution in [0.15, 0.2) is 24.3 Å². The van der Waals surface area contributed by atoms with E-state index in [1.807, 2.05) is 24.3 Å². The molecule has 0 spiro atoms. The molecule has 0 aromatic heterocycles. The number of hydrogen-bond donors (Lipinski definition) is 1. The van der Waals surface area contributed by atoms with Crippen LogP contribution >= 0.6 is 0 Å². The highest BCUT2D eigenvalue weighted by molar-refractivity contribution is 5.33. The summed E-state index contributed by atoms with van der Waals surface area (Å²) in [5.74, 6) is 1.49. The van der Waals surface area contributed by atoms with Crippen molar-refractivity contribution in [3.05, 3.63) is 24.3 Å². The fourth-order valence-corrected chi connectivity index (χ4v) is 2.47. The Hall–Kier alpha value is -1.26. The van der Waals surface area contributed by atoms with Crippen molar-refractivity contribution in [2.24, 2.45) is 0 Å². The Bertz CT molecular complexity index is 399. The van der Waals surface area contributed by atoms with E-state index in [1.165, 1.54) is 6.42 Å². The van der Waals surface area contributed by atoms with Gasteiger partial charge in [-0.25, -0.2) is 0 Å². The summed E-state index contributed by atoms with van der Waals surface area (Å²) in [6, 6.07) is 7.51. The van der Waals surface area contributed by atoms with Crippen LogP contribution in [0.2, 0.25) is 0 Å². The first-order chi connectivity index (χ1) is 9.72. The molecule has 0 bridgehead atoms. The minimum Gasteiger partial charge on any atom is -0.491 e. The molecular weight excluding hydrogens is 256 g/mol. The number of benzene rings is 1. The lowest BCUT2D eigenvalue weighted by Crippen LogP contribution is -2.37. The highest BCUT2D eigenvalue weighted by Crippen LogP contribution is 2.29. The fraction of sp³-hybridized carbons (Fsp3) is 0.625. The van der Waals surface area contributed by atoms with Gasteiger partial charge in [-0.05, 0) is 25.0 Å². The topological polar surface area (TPSA) is 47.9 Å². The average Bonchev–Trinajstić information content (AvgIpc) is 2.47. The molecule has 112 valence electrons. The molecule has 0 radical (unpaired) electrons. The molecule has 0 aliphatic heterocycles. The molecule has 4 heteroatoms. The minimum absolute atomic E-state index is 0.356. The molecule has 4 nitrogen and oxygen atoms in total. The van der Waals surface area contributed by atoms with E-state index in [4.69, 9.17) is 14.2 Å². The Morgan fingerprint density at radius 2 is 1.75 bits per heavy atom. The lowest BCUT2D eigenvalue weighted by atomic mass is 9.85. The Morgan fingerprint density at radius 1 is 1.05 bits per heavy atom. The Kier molecular flexibility index (Phi) is 5.68. The van der Waals surface area contributed by atoms with Gasteiger partial charge in [0.1, 0.15) is 24.7 Å². The van der Waals surface area contributed by atoms with Crippen molar-refractivity contribution in [3.63, 3.8) is 0 Å². The minimum atomic E-state index is -0.662. The molecule has 1 aromatic rings. The van der Waals surface area contributed by atoms with E-state index in [1.54, 1.807) is 7.11 Å². The Balaban J connectivity index is 1.84. The molecular formula is C16H24O4. The summed E-state index contributed by atoms with van der Waals surface area (Å²) >= 11 is 0. The zero-order chi connectivity index (χ0) is 14.3. The third-order valence-corrected chi connectivity index (χ3v) is 3.65. The van der Waals surface area contributed by atoms with Crippen molar-refractivity contribution in [2.75, 3.05) is 26.9 Å². The predicted octanol–water partition coefficient (Wildman–Crippen LogP) is 2.79. The molecule has 1 N–H and O–H groups in total. The van der Waals surface area contributed by atoms with Gasteiger partial charge in [0.25, 0.3) is 0 Å². The van der Waals surface area contributed by atoms with E-state index >= 15 is 0 Å². The van der Waals surface area contributed by atoms with Crippen molar-refractivity contribution in [1.29, 1.82) is 0 Å². The molecule has 20 heavy (non-hydrogen) atoms. The maximum Gasteiger partial charge on any atom is 0.123 e. The summed E-state index contributed by atoms with van der Waals surface area (Å²) in [5.41, 5.74) is -0.662. The van der Waals surface area contributed by atoms with Gasteiger partial charge in [-0.3, -0.25) is 0 Å². The number of hydrogen-bond acceptors (Lipinski definition) is 4. The number of aliphatic hydroxyl groups is 1. The van der Waals surface area contributed by atoms with Crippen molar-refractivity contribution >= 4 is 0 Å². The van der Waals surface area contributed by atoms with Gasteiger partial charge in [0.15, 0.2) is 0 Å². The maximum absolute atomic E-state index is 10.4. The average molecular weight is 280 g/mol. The third kappa shape index (κ3) is 4.69. The SMILES string of the molecule is COCCOc1cccc(OCC2(O)CCCCC2)c1. The van der Waals surface area contributed by atoms with E-state index in [0.29, 0.717) is 19.8 Å². The molecule has 0 atom stereocenters. The van der Waals surface area contributed by atoms with Crippen LogP contribution in [-0.4, -0.2) is 37.6 Å². The van der Waals surface area contributed by atoms with Gasteiger partial charge in [-0.1, -0.05) is 25.3 Å². The summed E-state index contributed by atoms with van der Waals surface area (Å²) in [4.78, 5) is 0. The zero-order valence-electron chi connectivity index (χ0n) is 12.1. The highest BCUT2D eigenvalue weighted by Gasteiger charge is 2.29. The second-order valence-electron chi connectivity index (χ2n) is 5.39. The van der Waals surface area contributed by atoms with Crippen LogP contribution in [0.4, 0.5) is 0 Å². The van der Waals surface area contributed by atoms with Crippen molar-refractivity contribution in [3.8, 4) is 11.5 Å². The van der Waals surface area contributed by atoms with E-state index in [2.05, 4.69) is 0 Å². The van der Waals surface area contributed by atoms with Gasteiger partial charge in [-0.2, -0.15) is 0 Å². The summed E-state index contributed by atoms with van der Waals surface area (Å²) in [7, 11) is 1.65. The van der Waals surface area contributed by atoms with Crippen LogP contribution < -0.4 is 9.47 Å². The van der Waals surface area contributed by atoms with Gasteiger partial charge < -0.3 is 19.3 Å². The van der Waals surface area contributed by atoms with Gasteiger partial charge in [0.05, 0.1) is 12.2 Å². The molecule has 1 aliphatic carbocycles. The van der Waals surface area contributed by atoms with Crippen molar-refractivity contribution in [2.45, 2.75) is 37.7 Å². The molecule has 2 rings (SSSR count). The van der Waals surface area contributed by atoms with E-state index in [-0.39, 0.29) is 0 Å². The van der Waals surface area contributed by atoms with Crippen LogP contribution in [0, 0.1) is 0 Å². The predicted molar refractivity (Wildman–Crippen MR) is 77.3 cm³/mol. The van der Waals surface area contributed by atoms with Crippen LogP contribution in [0.25, 0.3) is 0 Å². The Labute approximate surface area is 120 Å². The molecule has 0 heterocycles. The molecule has 1 aliphatic rings. The third-order valence-electron chi connectivity index (χ3n) is 3.65. The van der Waals surface area contributed by atoms with Gasteiger partial charge in [-0.15, -0.1) is 0 Å². The summed E-state index contributed by atoms with van der Waals surface area (Å²) in [6.45, 7) is 1.43. The standard InChI is InChI=1S/C16H24O4/c1-18-10-11-19-14-6-5-7-15(12-14)20-13-16(17)8-3-2-4-9-16/h5-7,12,17H,2-4,8-11,13H2,1H3. The molecule has 1 fully saturated rings. The van der Waals surface area contributed by atoms with E-state index < -0.39 is 5.60 Å². The monoisotopic (exact) mass is 280 g/mol.